The van der Waals surface area contributed by atoms with Gasteiger partial charge in [0.2, 0.25) is 0 Å². The van der Waals surface area contributed by atoms with E-state index >= 15 is 0 Å². The Labute approximate surface area is 178 Å². The van der Waals surface area contributed by atoms with Gasteiger partial charge in [-0.2, -0.15) is 0 Å². The van der Waals surface area contributed by atoms with Crippen LogP contribution in [0, 0.1) is 5.41 Å². The van der Waals surface area contributed by atoms with Crippen molar-refractivity contribution in [1.82, 2.24) is 0 Å². The van der Waals surface area contributed by atoms with Crippen molar-refractivity contribution in [2.45, 2.75) is 32.6 Å². The number of nitrogens with zero attached hydrogens (tertiary/aromatic N) is 1. The Bertz CT molecular complexity index is 1190. The molecule has 0 saturated carbocycles. The quantitative estimate of drug-likeness (QED) is 0.567. The molecule has 1 aliphatic heterocycles. The van der Waals surface area contributed by atoms with Crippen LogP contribution in [0.4, 0.5) is 11.4 Å². The Kier molecular flexibility index (Phi) is 4.25. The number of hydrogen-bond donors (Lipinski definition) is 1. The van der Waals surface area contributed by atoms with Crippen molar-refractivity contribution in [3.63, 3.8) is 0 Å². The van der Waals surface area contributed by atoms with Crippen LogP contribution >= 0.6 is 0 Å². The summed E-state index contributed by atoms with van der Waals surface area (Å²) in [6, 6.07) is 21.5. The Morgan fingerprint density at radius 1 is 0.933 bits per heavy atom. The standard InChI is InChI=1S/C27H28N2O/c1-27(2)15-22-26(23(30)16-27)24(18-9-12-19(13-10-18)29(3)4)25-20-8-6-5-7-17(20)11-14-21(25)28-22/h5-14,24,28H,15-16H2,1-4H3/t24-/m0/s1. The number of ketones is 1. The molecule has 0 saturated heterocycles. The number of rotatable bonds is 2. The zero-order valence-corrected chi connectivity index (χ0v) is 18.1. The van der Waals surface area contributed by atoms with E-state index in [0.29, 0.717) is 6.42 Å². The monoisotopic (exact) mass is 396 g/mol. The number of Topliss-reactive ketones (excluding diaryl/α,β-unsaturated/α-hetero) is 1. The van der Waals surface area contributed by atoms with E-state index in [2.05, 4.69) is 98.8 Å². The minimum Gasteiger partial charge on any atom is -0.378 e. The fourth-order valence-corrected chi connectivity index (χ4v) is 5.10. The molecule has 1 atom stereocenters. The van der Waals surface area contributed by atoms with Crippen LogP contribution in [-0.4, -0.2) is 19.9 Å². The van der Waals surface area contributed by atoms with E-state index in [1.807, 2.05) is 0 Å². The normalized spacial score (nSPS) is 19.9. The number of carbonyl (C=O) groups excluding carboxylic acids is 1. The van der Waals surface area contributed by atoms with E-state index in [1.54, 1.807) is 0 Å². The van der Waals surface area contributed by atoms with E-state index in [-0.39, 0.29) is 17.1 Å². The molecule has 0 unspecified atom stereocenters. The van der Waals surface area contributed by atoms with Gasteiger partial charge >= 0.3 is 0 Å². The second-order valence-corrected chi connectivity index (χ2v) is 9.63. The topological polar surface area (TPSA) is 32.3 Å². The Balaban J connectivity index is 1.77. The molecule has 1 heterocycles. The summed E-state index contributed by atoms with van der Waals surface area (Å²) in [6.45, 7) is 4.38. The van der Waals surface area contributed by atoms with E-state index in [1.165, 1.54) is 21.9 Å². The fraction of sp³-hybridized carbons (Fsp3) is 0.296. The molecular weight excluding hydrogens is 368 g/mol. The molecular formula is C27H28N2O. The van der Waals surface area contributed by atoms with Crippen LogP contribution in [0.15, 0.2) is 71.9 Å². The highest BCUT2D eigenvalue weighted by Gasteiger charge is 2.41. The predicted octanol–water partition coefficient (Wildman–Crippen LogP) is 6.11. The zero-order chi connectivity index (χ0) is 21.0. The van der Waals surface area contributed by atoms with Crippen molar-refractivity contribution in [3.8, 4) is 0 Å². The number of nitrogens with one attached hydrogen (secondary N) is 1. The molecule has 0 aromatic heterocycles. The first-order valence-electron chi connectivity index (χ1n) is 10.7. The molecule has 2 aliphatic rings. The zero-order valence-electron chi connectivity index (χ0n) is 18.1. The summed E-state index contributed by atoms with van der Waals surface area (Å²) in [5.41, 5.74) is 6.72. The average molecular weight is 397 g/mol. The maximum absolute atomic E-state index is 13.4. The summed E-state index contributed by atoms with van der Waals surface area (Å²) in [4.78, 5) is 15.5. The van der Waals surface area contributed by atoms with Gasteiger partial charge in [-0.1, -0.05) is 56.3 Å². The molecule has 3 aromatic carbocycles. The van der Waals surface area contributed by atoms with Crippen molar-refractivity contribution in [3.05, 3.63) is 83.1 Å². The third-order valence-corrected chi connectivity index (χ3v) is 6.50. The van der Waals surface area contributed by atoms with Gasteiger partial charge in [-0.15, -0.1) is 0 Å². The SMILES string of the molecule is CN(C)c1ccc([C@@H]2C3=C(CC(C)(C)CC3=O)Nc3ccc4ccccc4c32)cc1. The van der Waals surface area contributed by atoms with Gasteiger partial charge in [-0.3, -0.25) is 4.79 Å². The summed E-state index contributed by atoms with van der Waals surface area (Å²) >= 11 is 0. The molecule has 0 amide bonds. The third kappa shape index (κ3) is 3.00. The number of fused-ring (bicyclic) bond motifs is 3. The van der Waals surface area contributed by atoms with Crippen LogP contribution in [0.3, 0.4) is 0 Å². The van der Waals surface area contributed by atoms with Gasteiger partial charge in [0.05, 0.1) is 0 Å². The molecule has 152 valence electrons. The molecule has 1 N–H and O–H groups in total. The molecule has 0 bridgehead atoms. The fourth-order valence-electron chi connectivity index (χ4n) is 5.10. The lowest BCUT2D eigenvalue weighted by atomic mass is 9.68. The molecule has 3 nitrogen and oxygen atoms in total. The van der Waals surface area contributed by atoms with Gasteiger partial charge in [0.1, 0.15) is 0 Å². The van der Waals surface area contributed by atoms with Gasteiger partial charge in [-0.05, 0) is 51.9 Å². The summed E-state index contributed by atoms with van der Waals surface area (Å²) in [7, 11) is 4.10. The maximum atomic E-state index is 13.4. The Morgan fingerprint density at radius 2 is 1.67 bits per heavy atom. The maximum Gasteiger partial charge on any atom is 0.162 e. The van der Waals surface area contributed by atoms with Crippen molar-refractivity contribution < 1.29 is 4.79 Å². The molecule has 3 aromatic rings. The molecule has 0 spiro atoms. The molecule has 30 heavy (non-hydrogen) atoms. The Hall–Kier alpha value is -3.07. The number of anilines is 2. The first kappa shape index (κ1) is 18.9. The number of benzene rings is 3. The molecule has 1 aliphatic carbocycles. The van der Waals surface area contributed by atoms with Crippen LogP contribution in [0.2, 0.25) is 0 Å². The van der Waals surface area contributed by atoms with Crippen molar-refractivity contribution >= 4 is 27.9 Å². The smallest absolute Gasteiger partial charge is 0.162 e. The molecule has 5 rings (SSSR count). The van der Waals surface area contributed by atoms with Crippen molar-refractivity contribution in [1.29, 1.82) is 0 Å². The molecule has 0 radical (unpaired) electrons. The summed E-state index contributed by atoms with van der Waals surface area (Å²) in [5, 5.41) is 6.08. The number of allylic oxidation sites excluding steroid dienone is 2. The third-order valence-electron chi connectivity index (χ3n) is 6.50. The minimum atomic E-state index is -0.0397. The van der Waals surface area contributed by atoms with Gasteiger partial charge < -0.3 is 10.2 Å². The highest BCUT2D eigenvalue weighted by Crippen LogP contribution is 2.50. The van der Waals surface area contributed by atoms with Crippen LogP contribution in [0.5, 0.6) is 0 Å². The highest BCUT2D eigenvalue weighted by molar-refractivity contribution is 6.04. The summed E-state index contributed by atoms with van der Waals surface area (Å²) < 4.78 is 0. The lowest BCUT2D eigenvalue weighted by Gasteiger charge is -2.40. The van der Waals surface area contributed by atoms with Gasteiger partial charge in [0.15, 0.2) is 5.78 Å². The molecule has 0 fully saturated rings. The minimum absolute atomic E-state index is 0.0173. The van der Waals surface area contributed by atoms with E-state index in [4.69, 9.17) is 0 Å². The second-order valence-electron chi connectivity index (χ2n) is 9.63. The summed E-state index contributed by atoms with van der Waals surface area (Å²) in [5.74, 6) is 0.233. The van der Waals surface area contributed by atoms with Crippen molar-refractivity contribution in [2.75, 3.05) is 24.3 Å². The van der Waals surface area contributed by atoms with Crippen LogP contribution in [0.1, 0.15) is 43.7 Å². The van der Waals surface area contributed by atoms with Crippen LogP contribution < -0.4 is 10.2 Å². The van der Waals surface area contributed by atoms with Crippen LogP contribution in [-0.2, 0) is 4.79 Å². The number of carbonyl (C=O) groups is 1. The first-order chi connectivity index (χ1) is 14.3. The van der Waals surface area contributed by atoms with Gasteiger partial charge in [-0.25, -0.2) is 0 Å². The average Bonchev–Trinajstić information content (AvgIpc) is 2.71. The number of hydrogen-bond acceptors (Lipinski definition) is 3. The highest BCUT2D eigenvalue weighted by atomic mass is 16.1. The van der Waals surface area contributed by atoms with E-state index in [9.17, 15) is 4.79 Å². The van der Waals surface area contributed by atoms with Gasteiger partial charge in [0, 0.05) is 49.1 Å². The van der Waals surface area contributed by atoms with Crippen LogP contribution in [0.25, 0.3) is 10.8 Å². The van der Waals surface area contributed by atoms with Gasteiger partial charge in [0.25, 0.3) is 0 Å². The lowest BCUT2D eigenvalue weighted by Crippen LogP contribution is -2.33. The molecule has 3 heteroatoms. The first-order valence-corrected chi connectivity index (χ1v) is 10.7. The summed E-state index contributed by atoms with van der Waals surface area (Å²) in [6.07, 6.45) is 1.49. The lowest BCUT2D eigenvalue weighted by molar-refractivity contribution is -0.118. The van der Waals surface area contributed by atoms with E-state index < -0.39 is 0 Å². The largest absolute Gasteiger partial charge is 0.378 e. The predicted molar refractivity (Wildman–Crippen MR) is 125 cm³/mol. The van der Waals surface area contributed by atoms with Crippen molar-refractivity contribution in [2.24, 2.45) is 5.41 Å². The van der Waals surface area contributed by atoms with E-state index in [0.717, 1.165) is 29.1 Å². The second kappa shape index (κ2) is 6.73. The Morgan fingerprint density at radius 3 is 2.40 bits per heavy atom.